The van der Waals surface area contributed by atoms with Crippen LogP contribution in [0, 0.1) is 0 Å². The normalized spacial score (nSPS) is 19.9. The zero-order valence-electron chi connectivity index (χ0n) is 9.84. The fourth-order valence-electron chi connectivity index (χ4n) is 1.46. The van der Waals surface area contributed by atoms with Crippen molar-refractivity contribution in [3.8, 4) is 0 Å². The van der Waals surface area contributed by atoms with Crippen LogP contribution in [0.4, 0.5) is 4.79 Å². The van der Waals surface area contributed by atoms with E-state index in [4.69, 9.17) is 0 Å². The first-order chi connectivity index (χ1) is 7.79. The van der Waals surface area contributed by atoms with Crippen LogP contribution in [0.25, 0.3) is 0 Å². The Labute approximate surface area is 101 Å². The summed E-state index contributed by atoms with van der Waals surface area (Å²) in [6.45, 7) is 0.474. The van der Waals surface area contributed by atoms with Gasteiger partial charge in [0.2, 0.25) is 0 Å². The molecule has 0 saturated heterocycles. The van der Waals surface area contributed by atoms with Gasteiger partial charge in [-0.2, -0.15) is 0 Å². The number of hydrogen-bond acceptors (Lipinski definition) is 4. The molecule has 0 aromatic carbocycles. The Balaban J connectivity index is 2.52. The fraction of sp³-hybridized carbons (Fsp3) is 0.500. The van der Waals surface area contributed by atoms with Crippen LogP contribution in [-0.4, -0.2) is 50.3 Å². The highest BCUT2D eigenvalue weighted by Gasteiger charge is 2.20. The van der Waals surface area contributed by atoms with E-state index in [0.717, 1.165) is 5.57 Å². The van der Waals surface area contributed by atoms with Gasteiger partial charge in [-0.3, -0.25) is 4.90 Å². The van der Waals surface area contributed by atoms with Gasteiger partial charge in [-0.25, -0.2) is 18.1 Å². The van der Waals surface area contributed by atoms with Crippen molar-refractivity contribution < 1.29 is 22.7 Å². The highest BCUT2D eigenvalue weighted by Crippen LogP contribution is 2.05. The van der Waals surface area contributed by atoms with Crippen LogP contribution in [0.15, 0.2) is 23.9 Å². The lowest BCUT2D eigenvalue weighted by Gasteiger charge is -2.18. The molecule has 1 atom stereocenters. The maximum atomic E-state index is 11.6. The second-order valence-electron chi connectivity index (χ2n) is 4.05. The summed E-state index contributed by atoms with van der Waals surface area (Å²) in [5.41, 5.74) is 0.778. The van der Waals surface area contributed by atoms with Crippen LogP contribution in [0.3, 0.4) is 0 Å². The maximum Gasteiger partial charge on any atom is 0.421 e. The summed E-state index contributed by atoms with van der Waals surface area (Å²) in [4.78, 5) is 13.7. The molecule has 0 saturated carbocycles. The minimum absolute atomic E-state index is 0.0620. The van der Waals surface area contributed by atoms with E-state index in [2.05, 4.69) is 0 Å². The van der Waals surface area contributed by atoms with Crippen LogP contribution >= 0.6 is 0 Å². The zero-order valence-corrected chi connectivity index (χ0v) is 10.7. The highest BCUT2D eigenvalue weighted by atomic mass is 32.2. The van der Waals surface area contributed by atoms with Gasteiger partial charge >= 0.3 is 6.03 Å². The average molecular weight is 260 g/mol. The highest BCUT2D eigenvalue weighted by molar-refractivity contribution is 7.85. The predicted octanol–water partition coefficient (Wildman–Crippen LogP) is -1.06. The zero-order chi connectivity index (χ0) is 13.1. The molecule has 0 bridgehead atoms. The molecule has 0 aromatic heterocycles. The van der Waals surface area contributed by atoms with Gasteiger partial charge in [0.15, 0.2) is 0 Å². The van der Waals surface area contributed by atoms with E-state index in [0.29, 0.717) is 11.4 Å². The summed E-state index contributed by atoms with van der Waals surface area (Å²) in [6, 6.07) is -0.0620. The Bertz CT molecular complexity index is 451. The van der Waals surface area contributed by atoms with E-state index in [9.17, 15) is 17.8 Å². The summed E-state index contributed by atoms with van der Waals surface area (Å²) in [7, 11) is -0.827. The lowest BCUT2D eigenvalue weighted by molar-refractivity contribution is -0.755. The number of carbonyl (C=O) groups is 1. The van der Waals surface area contributed by atoms with Gasteiger partial charge in [0.1, 0.15) is 12.7 Å². The number of nitrogens with one attached hydrogen (secondary N) is 1. The van der Waals surface area contributed by atoms with Crippen LogP contribution < -0.4 is 4.90 Å². The standard InChI is InChI=1S/C10H16N2O4S/c1-11(2)10(13)12-6-3-9(4-7-12)5-8-17(14,15)16/h3-4,6H,5,7-8H2,1-2H3,(H,14,15,16). The summed E-state index contributed by atoms with van der Waals surface area (Å²) >= 11 is 0. The Kier molecular flexibility index (Phi) is 4.44. The third-order valence-electron chi connectivity index (χ3n) is 2.40. The monoisotopic (exact) mass is 260 g/mol. The largest absolute Gasteiger partial charge is 0.748 e. The smallest absolute Gasteiger partial charge is 0.421 e. The Morgan fingerprint density at radius 1 is 1.53 bits per heavy atom. The van der Waals surface area contributed by atoms with Crippen molar-refractivity contribution in [3.63, 3.8) is 0 Å². The molecule has 0 radical (unpaired) electrons. The number of rotatable bonds is 3. The molecule has 96 valence electrons. The molecule has 0 spiro atoms. The van der Waals surface area contributed by atoms with Crippen LogP contribution in [0.1, 0.15) is 6.42 Å². The molecule has 1 heterocycles. The third-order valence-corrected chi connectivity index (χ3v) is 3.11. The molecule has 1 aliphatic rings. The molecule has 0 aromatic rings. The minimum Gasteiger partial charge on any atom is -0.748 e. The van der Waals surface area contributed by atoms with E-state index in [1.807, 2.05) is 0 Å². The van der Waals surface area contributed by atoms with Crippen molar-refractivity contribution in [2.45, 2.75) is 6.42 Å². The topological polar surface area (TPSA) is 82.0 Å². The van der Waals surface area contributed by atoms with E-state index in [1.165, 1.54) is 4.90 Å². The first kappa shape index (κ1) is 13.9. The van der Waals surface area contributed by atoms with E-state index in [1.54, 1.807) is 32.4 Å². The van der Waals surface area contributed by atoms with Gasteiger partial charge in [0.25, 0.3) is 0 Å². The van der Waals surface area contributed by atoms with E-state index < -0.39 is 15.9 Å². The fourth-order valence-corrected chi connectivity index (χ4v) is 1.94. The molecular formula is C10H16N2O4S. The van der Waals surface area contributed by atoms with Crippen LogP contribution in [0.5, 0.6) is 0 Å². The Morgan fingerprint density at radius 3 is 2.59 bits per heavy atom. The molecule has 1 rings (SSSR count). The lowest BCUT2D eigenvalue weighted by atomic mass is 10.1. The molecule has 2 amide bonds. The first-order valence-corrected chi connectivity index (χ1v) is 6.75. The number of allylic oxidation sites excluding steroid dienone is 2. The van der Waals surface area contributed by atoms with Crippen molar-refractivity contribution in [3.05, 3.63) is 23.9 Å². The number of hydrogen-bond donors (Lipinski definition) is 1. The Morgan fingerprint density at radius 2 is 2.18 bits per heavy atom. The second kappa shape index (κ2) is 5.44. The van der Waals surface area contributed by atoms with Crippen LogP contribution in [0.2, 0.25) is 0 Å². The van der Waals surface area contributed by atoms with E-state index >= 15 is 0 Å². The van der Waals surface area contributed by atoms with Gasteiger partial charge in [-0.1, -0.05) is 0 Å². The van der Waals surface area contributed by atoms with Gasteiger partial charge in [-0.15, -0.1) is 0 Å². The molecule has 0 aliphatic carbocycles. The van der Waals surface area contributed by atoms with Gasteiger partial charge in [0.05, 0.1) is 10.1 Å². The number of nitrogens with zero attached hydrogens (tertiary/aromatic N) is 1. The molecule has 1 unspecified atom stereocenters. The quantitative estimate of drug-likeness (QED) is 0.656. The minimum atomic E-state index is -4.17. The lowest BCUT2D eigenvalue weighted by Crippen LogP contribution is -3.11. The first-order valence-electron chi connectivity index (χ1n) is 5.18. The SMILES string of the molecule is CN(C)C(=O)[NH+]1C=CC(CCS(=O)(=O)[O-])=CC1. The van der Waals surface area contributed by atoms with Crippen molar-refractivity contribution >= 4 is 16.1 Å². The Hall–Kier alpha value is -1.18. The van der Waals surface area contributed by atoms with Crippen molar-refractivity contribution in [2.75, 3.05) is 26.4 Å². The number of urea groups is 1. The van der Waals surface area contributed by atoms with Crippen LogP contribution in [-0.2, 0) is 10.1 Å². The molecule has 6 nitrogen and oxygen atoms in total. The van der Waals surface area contributed by atoms with Crippen molar-refractivity contribution in [1.29, 1.82) is 0 Å². The van der Waals surface area contributed by atoms with Gasteiger partial charge in [0, 0.05) is 19.8 Å². The molecule has 7 heteroatoms. The summed E-state index contributed by atoms with van der Waals surface area (Å²) in [5, 5.41) is 0. The predicted molar refractivity (Wildman–Crippen MR) is 61.3 cm³/mol. The van der Waals surface area contributed by atoms with Crippen molar-refractivity contribution in [2.24, 2.45) is 0 Å². The third kappa shape index (κ3) is 4.68. The second-order valence-corrected chi connectivity index (χ2v) is 5.58. The average Bonchev–Trinajstić information content (AvgIpc) is 2.25. The summed E-state index contributed by atoms with van der Waals surface area (Å²) < 4.78 is 31.4. The number of quaternary nitrogens is 1. The van der Waals surface area contributed by atoms with Crippen molar-refractivity contribution in [1.82, 2.24) is 4.90 Å². The molecule has 1 N–H and O–H groups in total. The van der Waals surface area contributed by atoms with Gasteiger partial charge < -0.3 is 4.55 Å². The van der Waals surface area contributed by atoms with Gasteiger partial charge in [-0.05, 0) is 24.1 Å². The molecular weight excluding hydrogens is 244 g/mol. The number of carbonyl (C=O) groups excluding carboxylic acids is 1. The summed E-state index contributed by atoms with van der Waals surface area (Å²) in [5.74, 6) is -0.403. The molecule has 17 heavy (non-hydrogen) atoms. The number of amides is 2. The maximum absolute atomic E-state index is 11.6. The summed E-state index contributed by atoms with van der Waals surface area (Å²) in [6.07, 6.45) is 5.34. The van der Waals surface area contributed by atoms with E-state index in [-0.39, 0.29) is 12.5 Å². The molecule has 1 aliphatic heterocycles. The molecule has 0 fully saturated rings.